The van der Waals surface area contributed by atoms with Crippen LogP contribution in [-0.2, 0) is 4.74 Å². The zero-order valence-electron chi connectivity index (χ0n) is 13.8. The zero-order chi connectivity index (χ0) is 17.7. The van der Waals surface area contributed by atoms with Gasteiger partial charge >= 0.3 is 5.79 Å². The molecule has 1 saturated heterocycles. The fourth-order valence-corrected chi connectivity index (χ4v) is 5.17. The molecule has 2 aliphatic heterocycles. The lowest BCUT2D eigenvalue weighted by molar-refractivity contribution is -0.177. The third-order valence-electron chi connectivity index (χ3n) is 6.35. The maximum Gasteiger partial charge on any atom is 0.306 e. The molecule has 5 atom stereocenters. The Morgan fingerprint density at radius 3 is 2.23 bits per heavy atom. The summed E-state index contributed by atoms with van der Waals surface area (Å²) in [4.78, 5) is 0. The lowest BCUT2D eigenvalue weighted by atomic mass is 9.66. The molecule has 3 N–H and O–H groups in total. The fraction of sp³-hybridized carbons (Fsp3) is 0.400. The molecule has 1 saturated carbocycles. The molecular formula is C20H18O6. The Kier molecular flexibility index (Phi) is 2.54. The van der Waals surface area contributed by atoms with Crippen LogP contribution in [0.15, 0.2) is 48.6 Å². The molecule has 0 bridgehead atoms. The highest BCUT2D eigenvalue weighted by Gasteiger charge is 2.91. The van der Waals surface area contributed by atoms with E-state index in [1.54, 1.807) is 6.08 Å². The Hall–Kier alpha value is -2.12. The summed E-state index contributed by atoms with van der Waals surface area (Å²) in [6.07, 6.45) is 0.926. The van der Waals surface area contributed by atoms with Crippen LogP contribution >= 0.6 is 0 Å². The van der Waals surface area contributed by atoms with Crippen molar-refractivity contribution in [3.63, 3.8) is 0 Å². The van der Waals surface area contributed by atoms with E-state index in [0.29, 0.717) is 24.3 Å². The van der Waals surface area contributed by atoms with Gasteiger partial charge in [-0.05, 0) is 36.4 Å². The molecule has 0 radical (unpaired) electrons. The van der Waals surface area contributed by atoms with Crippen molar-refractivity contribution in [2.45, 2.75) is 48.1 Å². The quantitative estimate of drug-likeness (QED) is 0.487. The Morgan fingerprint density at radius 2 is 1.54 bits per heavy atom. The summed E-state index contributed by atoms with van der Waals surface area (Å²) in [5.74, 6) is -0.205. The van der Waals surface area contributed by atoms with Crippen LogP contribution in [0.5, 0.6) is 11.5 Å². The Balaban J connectivity index is 1.59. The molecule has 6 heteroatoms. The summed E-state index contributed by atoms with van der Waals surface area (Å²) in [7, 11) is 0. The number of hydrogen-bond acceptors (Lipinski definition) is 6. The summed E-state index contributed by atoms with van der Waals surface area (Å²) in [5.41, 5.74) is -2.68. The topological polar surface area (TPSA) is 91.7 Å². The minimum Gasteiger partial charge on any atom is -0.445 e. The molecule has 2 aliphatic carbocycles. The molecule has 6 rings (SSSR count). The van der Waals surface area contributed by atoms with E-state index in [0.717, 1.165) is 10.8 Å². The van der Waals surface area contributed by atoms with Gasteiger partial charge in [0.25, 0.3) is 0 Å². The molecule has 2 fully saturated rings. The van der Waals surface area contributed by atoms with Crippen molar-refractivity contribution in [3.8, 4) is 11.5 Å². The van der Waals surface area contributed by atoms with Crippen LogP contribution in [0.1, 0.15) is 12.8 Å². The van der Waals surface area contributed by atoms with E-state index < -0.39 is 35.3 Å². The molecule has 4 aliphatic rings. The van der Waals surface area contributed by atoms with Crippen LogP contribution in [0.25, 0.3) is 10.8 Å². The highest BCUT2D eigenvalue weighted by Crippen LogP contribution is 2.68. The van der Waals surface area contributed by atoms with Gasteiger partial charge in [-0.15, -0.1) is 0 Å². The zero-order valence-corrected chi connectivity index (χ0v) is 13.8. The number of aliphatic hydroxyl groups is 3. The third kappa shape index (κ3) is 1.39. The van der Waals surface area contributed by atoms with Crippen LogP contribution in [0, 0.1) is 0 Å². The second-order valence-electron chi connectivity index (χ2n) is 7.53. The van der Waals surface area contributed by atoms with Crippen LogP contribution < -0.4 is 9.47 Å². The Morgan fingerprint density at radius 1 is 0.885 bits per heavy atom. The first-order valence-electron chi connectivity index (χ1n) is 8.88. The summed E-state index contributed by atoms with van der Waals surface area (Å²) in [6, 6.07) is 11.4. The predicted molar refractivity (Wildman–Crippen MR) is 90.9 cm³/mol. The fourth-order valence-electron chi connectivity index (χ4n) is 5.17. The van der Waals surface area contributed by atoms with Gasteiger partial charge in [0.05, 0.1) is 17.6 Å². The van der Waals surface area contributed by atoms with Crippen molar-refractivity contribution in [1.29, 1.82) is 0 Å². The maximum absolute atomic E-state index is 10.9. The van der Waals surface area contributed by atoms with Crippen LogP contribution in [0.2, 0.25) is 0 Å². The highest BCUT2D eigenvalue weighted by atomic mass is 16.8. The lowest BCUT2D eigenvalue weighted by Gasteiger charge is -2.48. The molecule has 1 spiro atoms. The summed E-state index contributed by atoms with van der Waals surface area (Å²) in [6.45, 7) is 0. The molecule has 2 heterocycles. The standard InChI is InChI=1S/C20H18O6/c21-14-7-8-16(23)20-18(10-9-15(22)19(14,20)26-20)24-12-5-1-3-11-4-2-6-13(25-18)17(11)12/h1-6,9-10,14-16,21-23H,7-8H2/t14-,15-,16-,19+,20-/m0/s1. The minimum atomic E-state index is -1.45. The van der Waals surface area contributed by atoms with Gasteiger partial charge in [0.1, 0.15) is 17.6 Å². The normalized spacial score (nSPS) is 41.1. The van der Waals surface area contributed by atoms with Gasteiger partial charge in [-0.1, -0.05) is 24.3 Å². The summed E-state index contributed by atoms with van der Waals surface area (Å²) in [5, 5.41) is 33.9. The molecule has 26 heavy (non-hydrogen) atoms. The Bertz CT molecular complexity index is 929. The molecule has 2 aromatic rings. The van der Waals surface area contributed by atoms with Gasteiger partial charge in [-0.25, -0.2) is 0 Å². The lowest BCUT2D eigenvalue weighted by Crippen LogP contribution is -2.70. The maximum atomic E-state index is 10.9. The summed E-state index contributed by atoms with van der Waals surface area (Å²) >= 11 is 0. The molecule has 6 nitrogen and oxygen atoms in total. The van der Waals surface area contributed by atoms with Crippen molar-refractivity contribution < 1.29 is 29.5 Å². The van der Waals surface area contributed by atoms with E-state index >= 15 is 0 Å². The molecule has 2 aromatic carbocycles. The van der Waals surface area contributed by atoms with E-state index in [2.05, 4.69) is 0 Å². The average molecular weight is 354 g/mol. The molecule has 0 amide bonds. The van der Waals surface area contributed by atoms with Gasteiger partial charge < -0.3 is 29.5 Å². The van der Waals surface area contributed by atoms with Crippen molar-refractivity contribution in [1.82, 2.24) is 0 Å². The highest BCUT2D eigenvalue weighted by molar-refractivity contribution is 5.94. The minimum absolute atomic E-state index is 0.337. The predicted octanol–water partition coefficient (Wildman–Crippen LogP) is 1.26. The molecule has 0 aromatic heterocycles. The number of aliphatic hydroxyl groups excluding tert-OH is 3. The SMILES string of the molecule is O[C@H]1C=CC2(Oc3cccc4cccc(c34)O2)[C@]23O[C@]12[C@@H](O)CC[C@@H]3O. The van der Waals surface area contributed by atoms with E-state index in [1.165, 1.54) is 6.08 Å². The van der Waals surface area contributed by atoms with Crippen molar-refractivity contribution in [2.75, 3.05) is 0 Å². The van der Waals surface area contributed by atoms with Gasteiger partial charge in [0.2, 0.25) is 5.60 Å². The Labute approximate surface area is 149 Å². The van der Waals surface area contributed by atoms with E-state index in [1.807, 2.05) is 36.4 Å². The smallest absolute Gasteiger partial charge is 0.306 e. The number of ether oxygens (including phenoxy) is 3. The van der Waals surface area contributed by atoms with Gasteiger partial charge in [0.15, 0.2) is 5.60 Å². The summed E-state index contributed by atoms with van der Waals surface area (Å²) < 4.78 is 18.6. The molecule has 0 unspecified atom stereocenters. The second-order valence-corrected chi connectivity index (χ2v) is 7.53. The van der Waals surface area contributed by atoms with Crippen molar-refractivity contribution in [2.24, 2.45) is 0 Å². The van der Waals surface area contributed by atoms with E-state index in [9.17, 15) is 15.3 Å². The van der Waals surface area contributed by atoms with Crippen molar-refractivity contribution in [3.05, 3.63) is 48.6 Å². The first-order valence-corrected chi connectivity index (χ1v) is 8.88. The number of hydrogen-bond donors (Lipinski definition) is 3. The monoisotopic (exact) mass is 354 g/mol. The third-order valence-corrected chi connectivity index (χ3v) is 6.35. The largest absolute Gasteiger partial charge is 0.445 e. The van der Waals surface area contributed by atoms with Gasteiger partial charge in [-0.3, -0.25) is 0 Å². The average Bonchev–Trinajstić information content (AvgIpc) is 3.39. The van der Waals surface area contributed by atoms with Gasteiger partial charge in [-0.2, -0.15) is 0 Å². The second kappa shape index (κ2) is 4.40. The van der Waals surface area contributed by atoms with E-state index in [-0.39, 0.29) is 0 Å². The molecule has 134 valence electrons. The first-order chi connectivity index (χ1) is 12.5. The van der Waals surface area contributed by atoms with Crippen molar-refractivity contribution >= 4 is 10.8 Å². The first kappa shape index (κ1) is 15.0. The number of epoxide rings is 1. The molecular weight excluding hydrogens is 336 g/mol. The van der Waals surface area contributed by atoms with Crippen LogP contribution in [0.4, 0.5) is 0 Å². The number of benzene rings is 2. The van der Waals surface area contributed by atoms with Gasteiger partial charge in [0, 0.05) is 6.08 Å². The number of rotatable bonds is 0. The van der Waals surface area contributed by atoms with Crippen LogP contribution in [0.3, 0.4) is 0 Å². The van der Waals surface area contributed by atoms with E-state index in [4.69, 9.17) is 14.2 Å². The van der Waals surface area contributed by atoms with Crippen LogP contribution in [-0.4, -0.2) is 50.6 Å².